The molecule has 0 aromatic rings. The number of methoxy groups -OCH3 is 2. The van der Waals surface area contributed by atoms with E-state index in [2.05, 4.69) is 0 Å². The molecule has 0 radical (unpaired) electrons. The molecule has 0 saturated carbocycles. The summed E-state index contributed by atoms with van der Waals surface area (Å²) in [6.07, 6.45) is 0.0873. The van der Waals surface area contributed by atoms with Crippen molar-refractivity contribution in [2.45, 2.75) is 20.3 Å². The molecule has 1 aliphatic carbocycles. The van der Waals surface area contributed by atoms with E-state index in [0.717, 1.165) is 0 Å². The maximum absolute atomic E-state index is 11.8. The molecule has 19 heavy (non-hydrogen) atoms. The quantitative estimate of drug-likeness (QED) is 0.678. The molecule has 0 aromatic carbocycles. The van der Waals surface area contributed by atoms with E-state index in [9.17, 15) is 9.59 Å². The minimum atomic E-state index is -0.520. The van der Waals surface area contributed by atoms with Crippen molar-refractivity contribution in [3.63, 3.8) is 0 Å². The van der Waals surface area contributed by atoms with Gasteiger partial charge in [-0.15, -0.1) is 0 Å². The first-order valence-corrected chi connectivity index (χ1v) is 5.99. The molecule has 6 nitrogen and oxygen atoms in total. The predicted molar refractivity (Wildman–Crippen MR) is 66.0 cm³/mol. The van der Waals surface area contributed by atoms with Gasteiger partial charge in [0.05, 0.1) is 38.6 Å². The van der Waals surface area contributed by atoms with E-state index < -0.39 is 11.9 Å². The van der Waals surface area contributed by atoms with Crippen LogP contribution in [0.1, 0.15) is 20.3 Å². The Bertz CT molecular complexity index is 392. The molecule has 0 bridgehead atoms. The van der Waals surface area contributed by atoms with Crippen molar-refractivity contribution in [1.82, 2.24) is 0 Å². The number of carbonyl (C=O) groups is 2. The summed E-state index contributed by atoms with van der Waals surface area (Å²) in [6.45, 7) is 3.90. The molecule has 0 amide bonds. The van der Waals surface area contributed by atoms with Crippen LogP contribution >= 0.6 is 0 Å². The molecule has 0 saturated heterocycles. The van der Waals surface area contributed by atoms with Gasteiger partial charge in [0.1, 0.15) is 0 Å². The zero-order valence-electron chi connectivity index (χ0n) is 11.6. The highest BCUT2D eigenvalue weighted by Crippen LogP contribution is 2.34. The van der Waals surface area contributed by atoms with Crippen LogP contribution in [0.25, 0.3) is 0 Å². The molecular weight excluding hydrogens is 252 g/mol. The van der Waals surface area contributed by atoms with Crippen molar-refractivity contribution in [1.29, 1.82) is 0 Å². The maximum Gasteiger partial charge on any atom is 0.338 e. The summed E-state index contributed by atoms with van der Waals surface area (Å²) in [5, 5.41) is 0. The fourth-order valence-electron chi connectivity index (χ4n) is 1.81. The fourth-order valence-corrected chi connectivity index (χ4v) is 1.81. The minimum Gasteiger partial charge on any atom is -0.492 e. The number of carbonyl (C=O) groups excluding carboxylic acids is 2. The van der Waals surface area contributed by atoms with E-state index in [1.54, 1.807) is 13.8 Å². The molecule has 0 fully saturated rings. The van der Waals surface area contributed by atoms with Crippen LogP contribution in [0.3, 0.4) is 0 Å². The number of esters is 2. The van der Waals surface area contributed by atoms with Crippen LogP contribution in [0.15, 0.2) is 22.7 Å². The van der Waals surface area contributed by atoms with Crippen molar-refractivity contribution in [3.8, 4) is 0 Å². The summed E-state index contributed by atoms with van der Waals surface area (Å²) >= 11 is 0. The lowest BCUT2D eigenvalue weighted by Crippen LogP contribution is -2.11. The van der Waals surface area contributed by atoms with Crippen LogP contribution < -0.4 is 0 Å². The molecule has 0 heterocycles. The van der Waals surface area contributed by atoms with Crippen molar-refractivity contribution >= 4 is 11.9 Å². The van der Waals surface area contributed by atoms with E-state index >= 15 is 0 Å². The van der Waals surface area contributed by atoms with Gasteiger partial charge in [-0.2, -0.15) is 0 Å². The summed E-state index contributed by atoms with van der Waals surface area (Å²) < 4.78 is 20.1. The Morgan fingerprint density at radius 3 is 1.53 bits per heavy atom. The fraction of sp³-hybridized carbons (Fsp3) is 0.538. The summed E-state index contributed by atoms with van der Waals surface area (Å²) in [5.41, 5.74) is 0.536. The van der Waals surface area contributed by atoms with Crippen molar-refractivity contribution in [2.24, 2.45) is 0 Å². The zero-order valence-corrected chi connectivity index (χ0v) is 11.6. The van der Waals surface area contributed by atoms with Gasteiger partial charge < -0.3 is 18.9 Å². The van der Waals surface area contributed by atoms with Crippen LogP contribution in [0, 0.1) is 0 Å². The first-order chi connectivity index (χ1) is 9.10. The molecule has 0 atom stereocenters. The average molecular weight is 270 g/mol. The predicted octanol–water partition coefficient (Wildman–Crippen LogP) is 1.32. The lowest BCUT2D eigenvalue weighted by molar-refractivity contribution is -0.138. The average Bonchev–Trinajstić information content (AvgIpc) is 2.77. The smallest absolute Gasteiger partial charge is 0.338 e. The van der Waals surface area contributed by atoms with E-state index in [4.69, 9.17) is 18.9 Å². The molecule has 0 aromatic heterocycles. The largest absolute Gasteiger partial charge is 0.492 e. The van der Waals surface area contributed by atoms with Crippen molar-refractivity contribution in [2.75, 3.05) is 27.4 Å². The van der Waals surface area contributed by atoms with Crippen LogP contribution in [0.4, 0.5) is 0 Å². The Labute approximate surface area is 112 Å². The van der Waals surface area contributed by atoms with Gasteiger partial charge in [0, 0.05) is 6.42 Å². The van der Waals surface area contributed by atoms with Gasteiger partial charge >= 0.3 is 11.9 Å². The summed E-state index contributed by atoms with van der Waals surface area (Å²) in [7, 11) is 2.81. The molecule has 0 N–H and O–H groups in total. The second kappa shape index (κ2) is 6.82. The number of hydrogen-bond acceptors (Lipinski definition) is 6. The Hall–Kier alpha value is -1.98. The van der Waals surface area contributed by atoms with Gasteiger partial charge in [-0.05, 0) is 13.8 Å². The highest BCUT2D eigenvalue weighted by atomic mass is 16.5. The molecule has 106 valence electrons. The SMILES string of the molecule is CCOC(=O)C1=C(OC)C(OC)=C(C(=O)OCC)C1. The second-order valence-corrected chi connectivity index (χ2v) is 3.64. The molecule has 1 rings (SSSR count). The summed E-state index contributed by atoms with van der Waals surface area (Å²) in [4.78, 5) is 23.6. The Balaban J connectivity index is 3.07. The van der Waals surface area contributed by atoms with Crippen molar-refractivity contribution < 1.29 is 28.5 Å². The lowest BCUT2D eigenvalue weighted by Gasteiger charge is -2.09. The highest BCUT2D eigenvalue weighted by molar-refractivity contribution is 5.99. The van der Waals surface area contributed by atoms with E-state index in [1.807, 2.05) is 0 Å². The lowest BCUT2D eigenvalue weighted by atomic mass is 10.1. The summed E-state index contributed by atoms with van der Waals surface area (Å²) in [5.74, 6) is -0.589. The second-order valence-electron chi connectivity index (χ2n) is 3.64. The number of ether oxygens (including phenoxy) is 4. The monoisotopic (exact) mass is 270 g/mol. The van der Waals surface area contributed by atoms with Gasteiger partial charge in [-0.3, -0.25) is 0 Å². The standard InChI is InChI=1S/C13H18O6/c1-5-18-12(14)8-7-9(13(15)19-6-2)11(17-4)10(8)16-3/h5-7H2,1-4H3. The van der Waals surface area contributed by atoms with Gasteiger partial charge in [0.2, 0.25) is 0 Å². The summed E-state index contributed by atoms with van der Waals surface area (Å²) in [6, 6.07) is 0. The third-order valence-electron chi connectivity index (χ3n) is 2.56. The van der Waals surface area contributed by atoms with Crippen LogP contribution in [0.2, 0.25) is 0 Å². The van der Waals surface area contributed by atoms with E-state index in [1.165, 1.54) is 14.2 Å². The normalized spacial score (nSPS) is 14.5. The van der Waals surface area contributed by atoms with E-state index in [-0.39, 0.29) is 42.3 Å². The third-order valence-corrected chi connectivity index (χ3v) is 2.56. The van der Waals surface area contributed by atoms with Gasteiger partial charge in [-0.1, -0.05) is 0 Å². The highest BCUT2D eigenvalue weighted by Gasteiger charge is 2.35. The first kappa shape index (κ1) is 15.1. The van der Waals surface area contributed by atoms with Gasteiger partial charge in [0.25, 0.3) is 0 Å². The van der Waals surface area contributed by atoms with Gasteiger partial charge in [-0.25, -0.2) is 9.59 Å². The maximum atomic E-state index is 11.8. The molecular formula is C13H18O6. The Morgan fingerprint density at radius 2 is 1.26 bits per heavy atom. The van der Waals surface area contributed by atoms with Crippen LogP contribution in [-0.2, 0) is 28.5 Å². The van der Waals surface area contributed by atoms with Crippen molar-refractivity contribution in [3.05, 3.63) is 22.7 Å². The molecule has 0 unspecified atom stereocenters. The molecule has 0 spiro atoms. The minimum absolute atomic E-state index is 0.0873. The number of hydrogen-bond donors (Lipinski definition) is 0. The van der Waals surface area contributed by atoms with Crippen LogP contribution in [0.5, 0.6) is 0 Å². The van der Waals surface area contributed by atoms with Crippen LogP contribution in [-0.4, -0.2) is 39.4 Å². The Kier molecular flexibility index (Phi) is 5.41. The first-order valence-electron chi connectivity index (χ1n) is 5.99. The van der Waals surface area contributed by atoms with E-state index in [0.29, 0.717) is 0 Å². The topological polar surface area (TPSA) is 71.1 Å². The molecule has 0 aliphatic heterocycles. The third kappa shape index (κ3) is 3.07. The Morgan fingerprint density at radius 1 is 0.895 bits per heavy atom. The molecule has 6 heteroatoms. The molecule has 1 aliphatic rings. The zero-order chi connectivity index (χ0) is 14.4. The number of rotatable bonds is 6. The van der Waals surface area contributed by atoms with Gasteiger partial charge in [0.15, 0.2) is 11.5 Å².